The van der Waals surface area contributed by atoms with E-state index in [4.69, 9.17) is 4.74 Å². The molecule has 2 aliphatic rings. The van der Waals surface area contributed by atoms with Crippen LogP contribution in [-0.4, -0.2) is 65.2 Å². The lowest BCUT2D eigenvalue weighted by Crippen LogP contribution is -2.62. The number of aliphatic hydroxyl groups excluding tert-OH is 1. The lowest BCUT2D eigenvalue weighted by Gasteiger charge is -2.48. The first-order chi connectivity index (χ1) is 17.6. The van der Waals surface area contributed by atoms with Crippen molar-refractivity contribution in [3.05, 3.63) is 90.5 Å². The van der Waals surface area contributed by atoms with E-state index in [9.17, 15) is 9.90 Å². The first-order valence-electron chi connectivity index (χ1n) is 12.9. The number of aliphatic hydroxyl groups is 1. The minimum absolute atomic E-state index is 0.0674. The molecule has 6 heteroatoms. The zero-order valence-corrected chi connectivity index (χ0v) is 20.7. The van der Waals surface area contributed by atoms with Gasteiger partial charge in [-0.2, -0.15) is 0 Å². The lowest BCUT2D eigenvalue weighted by atomic mass is 9.82. The molecule has 36 heavy (non-hydrogen) atoms. The van der Waals surface area contributed by atoms with Crippen molar-refractivity contribution in [3.63, 3.8) is 0 Å². The highest BCUT2D eigenvalue weighted by molar-refractivity contribution is 5.92. The summed E-state index contributed by atoms with van der Waals surface area (Å²) in [6.45, 7) is 3.62. The highest BCUT2D eigenvalue weighted by Gasteiger charge is 2.49. The number of nitrogens with one attached hydrogen (secondary N) is 1. The van der Waals surface area contributed by atoms with E-state index < -0.39 is 6.10 Å². The molecule has 188 valence electrons. The van der Waals surface area contributed by atoms with E-state index >= 15 is 0 Å². The fourth-order valence-electron chi connectivity index (χ4n) is 5.66. The summed E-state index contributed by atoms with van der Waals surface area (Å²) in [5.41, 5.74) is 1.91. The molecule has 0 unspecified atom stereocenters. The van der Waals surface area contributed by atoms with Crippen molar-refractivity contribution < 1.29 is 14.6 Å². The number of para-hydroxylation sites is 1. The van der Waals surface area contributed by atoms with Crippen LogP contribution in [0.3, 0.4) is 0 Å². The Morgan fingerprint density at radius 2 is 1.61 bits per heavy atom. The third-order valence-corrected chi connectivity index (χ3v) is 7.58. The second-order valence-corrected chi connectivity index (χ2v) is 9.92. The molecule has 2 saturated heterocycles. The molecule has 6 nitrogen and oxygen atoms in total. The Balaban J connectivity index is 1.11. The van der Waals surface area contributed by atoms with Gasteiger partial charge in [-0.3, -0.25) is 14.6 Å². The number of amides is 1. The summed E-state index contributed by atoms with van der Waals surface area (Å²) in [7, 11) is 0. The van der Waals surface area contributed by atoms with E-state index in [-0.39, 0.29) is 18.0 Å². The molecule has 2 atom stereocenters. The second kappa shape index (κ2) is 11.2. The fourth-order valence-corrected chi connectivity index (χ4v) is 5.66. The van der Waals surface area contributed by atoms with Gasteiger partial charge in [0.2, 0.25) is 5.91 Å². The average Bonchev–Trinajstić information content (AvgIpc) is 3.31. The molecular weight excluding hydrogens is 450 g/mol. The molecule has 0 aromatic heterocycles. The van der Waals surface area contributed by atoms with Gasteiger partial charge in [0.05, 0.1) is 12.6 Å². The number of anilines is 1. The van der Waals surface area contributed by atoms with Crippen LogP contribution in [0.25, 0.3) is 0 Å². The summed E-state index contributed by atoms with van der Waals surface area (Å²) in [4.78, 5) is 17.3. The Morgan fingerprint density at radius 3 is 2.33 bits per heavy atom. The number of ether oxygens (including phenoxy) is 1. The summed E-state index contributed by atoms with van der Waals surface area (Å²) < 4.78 is 5.82. The molecule has 3 aromatic carbocycles. The molecule has 2 fully saturated rings. The Labute approximate surface area is 213 Å². The number of hydrogen-bond acceptors (Lipinski definition) is 5. The highest BCUT2D eigenvalue weighted by Crippen LogP contribution is 2.38. The van der Waals surface area contributed by atoms with Crippen molar-refractivity contribution in [1.82, 2.24) is 9.80 Å². The molecule has 3 aromatic rings. The normalized spacial score (nSPS) is 22.5. The molecule has 5 rings (SSSR count). The highest BCUT2D eigenvalue weighted by atomic mass is 16.5. The number of carbonyl (C=O) groups is 1. The number of nitrogens with zero attached hydrogens (tertiary/aromatic N) is 2. The summed E-state index contributed by atoms with van der Waals surface area (Å²) >= 11 is 0. The van der Waals surface area contributed by atoms with Gasteiger partial charge in [-0.05, 0) is 74.2 Å². The predicted molar refractivity (Wildman–Crippen MR) is 142 cm³/mol. The molecule has 1 amide bonds. The minimum Gasteiger partial charge on any atom is -0.457 e. The Morgan fingerprint density at radius 1 is 0.917 bits per heavy atom. The maximum Gasteiger partial charge on any atom is 0.238 e. The topological polar surface area (TPSA) is 65.0 Å². The van der Waals surface area contributed by atoms with Gasteiger partial charge in [-0.1, -0.05) is 48.5 Å². The van der Waals surface area contributed by atoms with Crippen molar-refractivity contribution in [2.75, 3.05) is 38.0 Å². The van der Waals surface area contributed by atoms with E-state index in [2.05, 4.69) is 39.4 Å². The van der Waals surface area contributed by atoms with Crippen LogP contribution in [0.5, 0.6) is 11.5 Å². The third kappa shape index (κ3) is 5.78. The van der Waals surface area contributed by atoms with Crippen molar-refractivity contribution in [2.24, 2.45) is 0 Å². The standard InChI is InChI=1S/C30H35N3O3/c34-28-22-32(21-18-30(28)17-7-19-33(30)20-16-24-8-3-1-4-9-24)23-29(35)31-25-12-14-27(15-13-25)36-26-10-5-2-6-11-26/h1-6,8-15,28,34H,7,16-23H2,(H,31,35)/t28-,30-/m0/s1. The number of likely N-dealkylation sites (tertiary alicyclic amines) is 2. The number of benzene rings is 3. The van der Waals surface area contributed by atoms with Gasteiger partial charge in [0.25, 0.3) is 0 Å². The van der Waals surface area contributed by atoms with E-state index in [1.165, 1.54) is 5.56 Å². The number of β-amino-alcohol motifs (C(OH)–C–C–N with tert-alkyl or cyclic N) is 1. The Kier molecular flexibility index (Phi) is 7.66. The lowest BCUT2D eigenvalue weighted by molar-refractivity contribution is -0.120. The molecule has 2 N–H and O–H groups in total. The van der Waals surface area contributed by atoms with Gasteiger partial charge in [-0.25, -0.2) is 0 Å². The summed E-state index contributed by atoms with van der Waals surface area (Å²) in [6, 6.07) is 27.6. The minimum atomic E-state index is -0.452. The molecule has 0 aliphatic carbocycles. The zero-order chi connectivity index (χ0) is 24.8. The van der Waals surface area contributed by atoms with Gasteiger partial charge in [0, 0.05) is 30.9 Å². The first kappa shape index (κ1) is 24.5. The Hall–Kier alpha value is -3.19. The zero-order valence-electron chi connectivity index (χ0n) is 20.7. The van der Waals surface area contributed by atoms with Gasteiger partial charge >= 0.3 is 0 Å². The summed E-state index contributed by atoms with van der Waals surface area (Å²) in [5.74, 6) is 1.43. The molecule has 2 heterocycles. The first-order valence-corrected chi connectivity index (χ1v) is 12.9. The van der Waals surface area contributed by atoms with Crippen LogP contribution < -0.4 is 10.1 Å². The average molecular weight is 486 g/mol. The molecule has 0 saturated carbocycles. The van der Waals surface area contributed by atoms with Crippen molar-refractivity contribution in [1.29, 1.82) is 0 Å². The van der Waals surface area contributed by atoms with Crippen LogP contribution in [0.15, 0.2) is 84.9 Å². The van der Waals surface area contributed by atoms with E-state index in [1.807, 2.05) is 60.7 Å². The predicted octanol–water partition coefficient (Wildman–Crippen LogP) is 4.56. The number of carbonyl (C=O) groups excluding carboxylic acids is 1. The second-order valence-electron chi connectivity index (χ2n) is 9.92. The summed E-state index contributed by atoms with van der Waals surface area (Å²) in [5, 5.41) is 14.2. The van der Waals surface area contributed by atoms with Gasteiger partial charge < -0.3 is 15.2 Å². The molecular formula is C30H35N3O3. The number of piperidine rings is 1. The van der Waals surface area contributed by atoms with Crippen LogP contribution in [0.2, 0.25) is 0 Å². The Bertz CT molecular complexity index is 1120. The van der Waals surface area contributed by atoms with Gasteiger partial charge in [0.1, 0.15) is 11.5 Å². The smallest absolute Gasteiger partial charge is 0.238 e. The number of hydrogen-bond donors (Lipinski definition) is 2. The quantitative estimate of drug-likeness (QED) is 0.490. The van der Waals surface area contributed by atoms with Crippen LogP contribution in [0.4, 0.5) is 5.69 Å². The largest absolute Gasteiger partial charge is 0.457 e. The van der Waals surface area contributed by atoms with Crippen molar-refractivity contribution in [2.45, 2.75) is 37.3 Å². The van der Waals surface area contributed by atoms with Crippen LogP contribution in [-0.2, 0) is 11.2 Å². The van der Waals surface area contributed by atoms with Gasteiger partial charge in [-0.15, -0.1) is 0 Å². The van der Waals surface area contributed by atoms with Crippen LogP contribution in [0.1, 0.15) is 24.8 Å². The monoisotopic (exact) mass is 485 g/mol. The molecule has 0 radical (unpaired) electrons. The van der Waals surface area contributed by atoms with Crippen molar-refractivity contribution in [3.8, 4) is 11.5 Å². The third-order valence-electron chi connectivity index (χ3n) is 7.58. The molecule has 2 aliphatic heterocycles. The van der Waals surface area contributed by atoms with E-state index in [1.54, 1.807) is 0 Å². The molecule has 1 spiro atoms. The number of rotatable bonds is 8. The molecule has 0 bridgehead atoms. The van der Waals surface area contributed by atoms with E-state index in [0.717, 1.165) is 62.5 Å². The maximum absolute atomic E-state index is 12.7. The maximum atomic E-state index is 12.7. The van der Waals surface area contributed by atoms with Crippen molar-refractivity contribution >= 4 is 11.6 Å². The van der Waals surface area contributed by atoms with Crippen LogP contribution >= 0.6 is 0 Å². The SMILES string of the molecule is O=C(CN1CC[C@@]2(CCCN2CCc2ccccc2)[C@@H](O)C1)Nc1ccc(Oc2ccccc2)cc1. The summed E-state index contributed by atoms with van der Waals surface area (Å²) in [6.07, 6.45) is 3.58. The van der Waals surface area contributed by atoms with E-state index in [0.29, 0.717) is 6.54 Å². The van der Waals surface area contributed by atoms with Crippen LogP contribution in [0, 0.1) is 0 Å². The van der Waals surface area contributed by atoms with Gasteiger partial charge in [0.15, 0.2) is 0 Å². The fraction of sp³-hybridized carbons (Fsp3) is 0.367.